The molecular formula is C17H17N3O2. The first-order chi connectivity index (χ1) is 10.6. The Hall–Kier alpha value is -2.69. The highest BCUT2D eigenvalue weighted by Gasteiger charge is 2.18. The average molecular weight is 295 g/mol. The number of hydrogen-bond acceptors (Lipinski definition) is 4. The maximum absolute atomic E-state index is 11.0. The largest absolute Gasteiger partial charge is 0.299 e. The van der Waals surface area contributed by atoms with E-state index in [1.807, 2.05) is 30.3 Å². The van der Waals surface area contributed by atoms with Gasteiger partial charge in [0.2, 0.25) is 0 Å². The molecule has 5 heteroatoms. The van der Waals surface area contributed by atoms with Crippen molar-refractivity contribution in [3.63, 3.8) is 0 Å². The molecule has 0 radical (unpaired) electrons. The Balaban J connectivity index is 2.14. The van der Waals surface area contributed by atoms with Gasteiger partial charge in [0.15, 0.2) is 0 Å². The second kappa shape index (κ2) is 5.60. The zero-order chi connectivity index (χ0) is 15.7. The standard InChI is InChI=1S/C17H17N3O2/c1-12-11-14(7-8-16(12)20(21)22)17-15-6-4-3-5-13(15)9-10-19(2)18-17/h3-8,11H,9-10H2,1-2H3. The van der Waals surface area contributed by atoms with Gasteiger partial charge in [0.1, 0.15) is 0 Å². The fraction of sp³-hybridized carbons (Fsp3) is 0.235. The average Bonchev–Trinajstić information content (AvgIpc) is 2.66. The van der Waals surface area contributed by atoms with Gasteiger partial charge in [0, 0.05) is 36.3 Å². The zero-order valence-corrected chi connectivity index (χ0v) is 12.6. The van der Waals surface area contributed by atoms with Crippen LogP contribution in [0.1, 0.15) is 22.3 Å². The van der Waals surface area contributed by atoms with Crippen molar-refractivity contribution in [2.24, 2.45) is 5.10 Å². The van der Waals surface area contributed by atoms with Gasteiger partial charge in [-0.15, -0.1) is 0 Å². The van der Waals surface area contributed by atoms with Crippen molar-refractivity contribution in [2.75, 3.05) is 13.6 Å². The molecule has 0 spiro atoms. The summed E-state index contributed by atoms with van der Waals surface area (Å²) < 4.78 is 0. The smallest absolute Gasteiger partial charge is 0.272 e. The summed E-state index contributed by atoms with van der Waals surface area (Å²) in [5.41, 5.74) is 4.91. The summed E-state index contributed by atoms with van der Waals surface area (Å²) in [6, 6.07) is 13.4. The van der Waals surface area contributed by atoms with Crippen LogP contribution < -0.4 is 0 Å². The van der Waals surface area contributed by atoms with Crippen molar-refractivity contribution in [1.29, 1.82) is 0 Å². The fourth-order valence-electron chi connectivity index (χ4n) is 2.75. The highest BCUT2D eigenvalue weighted by Crippen LogP contribution is 2.24. The van der Waals surface area contributed by atoms with Crippen LogP contribution in [0.25, 0.3) is 0 Å². The Bertz CT molecular complexity index is 768. The third-order valence-electron chi connectivity index (χ3n) is 3.91. The summed E-state index contributed by atoms with van der Waals surface area (Å²) in [6.45, 7) is 2.61. The number of fused-ring (bicyclic) bond motifs is 1. The minimum atomic E-state index is -0.353. The molecule has 0 aromatic heterocycles. The van der Waals surface area contributed by atoms with Crippen LogP contribution in [-0.2, 0) is 6.42 Å². The number of aryl methyl sites for hydroxylation is 1. The molecule has 0 N–H and O–H groups in total. The van der Waals surface area contributed by atoms with E-state index >= 15 is 0 Å². The molecule has 0 amide bonds. The van der Waals surface area contributed by atoms with Crippen molar-refractivity contribution >= 4 is 11.4 Å². The van der Waals surface area contributed by atoms with Gasteiger partial charge < -0.3 is 0 Å². The number of likely N-dealkylation sites (N-methyl/N-ethyl adjacent to an activating group) is 1. The van der Waals surface area contributed by atoms with Crippen LogP contribution in [0.3, 0.4) is 0 Å². The molecule has 1 aliphatic rings. The van der Waals surface area contributed by atoms with Gasteiger partial charge in [-0.2, -0.15) is 5.10 Å². The monoisotopic (exact) mass is 295 g/mol. The summed E-state index contributed by atoms with van der Waals surface area (Å²) >= 11 is 0. The highest BCUT2D eigenvalue weighted by molar-refractivity contribution is 6.14. The van der Waals surface area contributed by atoms with E-state index < -0.39 is 0 Å². The Kier molecular flexibility index (Phi) is 3.63. The predicted molar refractivity (Wildman–Crippen MR) is 86.2 cm³/mol. The van der Waals surface area contributed by atoms with E-state index in [0.29, 0.717) is 5.56 Å². The first-order valence-electron chi connectivity index (χ1n) is 7.19. The van der Waals surface area contributed by atoms with E-state index in [4.69, 9.17) is 0 Å². The summed E-state index contributed by atoms with van der Waals surface area (Å²) in [6.07, 6.45) is 0.936. The first-order valence-corrected chi connectivity index (χ1v) is 7.19. The molecule has 1 aliphatic heterocycles. The van der Waals surface area contributed by atoms with E-state index in [1.165, 1.54) is 5.56 Å². The molecule has 0 saturated heterocycles. The lowest BCUT2D eigenvalue weighted by atomic mass is 9.95. The SMILES string of the molecule is Cc1cc(C2=NN(C)CCc3ccccc32)ccc1[N+](=O)[O-]. The lowest BCUT2D eigenvalue weighted by molar-refractivity contribution is -0.385. The van der Waals surface area contributed by atoms with Crippen molar-refractivity contribution in [1.82, 2.24) is 5.01 Å². The van der Waals surface area contributed by atoms with Crippen LogP contribution in [0.15, 0.2) is 47.6 Å². The van der Waals surface area contributed by atoms with E-state index in [0.717, 1.165) is 29.8 Å². The van der Waals surface area contributed by atoms with E-state index in [9.17, 15) is 10.1 Å². The topological polar surface area (TPSA) is 58.7 Å². The van der Waals surface area contributed by atoms with Gasteiger partial charge in [-0.05, 0) is 31.0 Å². The van der Waals surface area contributed by atoms with Gasteiger partial charge in [-0.1, -0.05) is 24.3 Å². The van der Waals surface area contributed by atoms with Crippen molar-refractivity contribution in [2.45, 2.75) is 13.3 Å². The number of benzene rings is 2. The molecule has 112 valence electrons. The molecular weight excluding hydrogens is 278 g/mol. The number of nitro groups is 1. The van der Waals surface area contributed by atoms with Gasteiger partial charge in [-0.25, -0.2) is 0 Å². The zero-order valence-electron chi connectivity index (χ0n) is 12.6. The maximum Gasteiger partial charge on any atom is 0.272 e. The molecule has 0 fully saturated rings. The van der Waals surface area contributed by atoms with Crippen LogP contribution in [0, 0.1) is 17.0 Å². The lowest BCUT2D eigenvalue weighted by Crippen LogP contribution is -2.14. The van der Waals surface area contributed by atoms with Crippen molar-refractivity contribution in [3.8, 4) is 0 Å². The molecule has 0 aliphatic carbocycles. The minimum absolute atomic E-state index is 0.139. The Morgan fingerprint density at radius 3 is 2.73 bits per heavy atom. The van der Waals surface area contributed by atoms with Gasteiger partial charge >= 0.3 is 0 Å². The third kappa shape index (κ3) is 2.57. The Morgan fingerprint density at radius 2 is 2.00 bits per heavy atom. The number of hydrazone groups is 1. The quantitative estimate of drug-likeness (QED) is 0.631. The summed E-state index contributed by atoms with van der Waals surface area (Å²) in [4.78, 5) is 10.6. The second-order valence-electron chi connectivity index (χ2n) is 5.50. The molecule has 0 atom stereocenters. The summed E-state index contributed by atoms with van der Waals surface area (Å²) in [5, 5.41) is 17.6. The van der Waals surface area contributed by atoms with Crippen LogP contribution in [0.4, 0.5) is 5.69 Å². The number of nitro benzene ring substituents is 1. The summed E-state index contributed by atoms with van der Waals surface area (Å²) in [7, 11) is 1.95. The molecule has 0 bridgehead atoms. The molecule has 22 heavy (non-hydrogen) atoms. The summed E-state index contributed by atoms with van der Waals surface area (Å²) in [5.74, 6) is 0. The predicted octanol–water partition coefficient (Wildman–Crippen LogP) is 3.14. The molecule has 5 nitrogen and oxygen atoms in total. The lowest BCUT2D eigenvalue weighted by Gasteiger charge is -2.12. The molecule has 2 aromatic carbocycles. The first kappa shape index (κ1) is 14.3. The number of nitrogens with zero attached hydrogens (tertiary/aromatic N) is 3. The van der Waals surface area contributed by atoms with E-state index in [1.54, 1.807) is 19.1 Å². The maximum atomic E-state index is 11.0. The minimum Gasteiger partial charge on any atom is -0.299 e. The van der Waals surface area contributed by atoms with Crippen molar-refractivity contribution in [3.05, 3.63) is 74.8 Å². The fourth-order valence-corrected chi connectivity index (χ4v) is 2.75. The molecule has 0 saturated carbocycles. The van der Waals surface area contributed by atoms with Gasteiger partial charge in [-0.3, -0.25) is 15.1 Å². The molecule has 1 heterocycles. The van der Waals surface area contributed by atoms with Crippen LogP contribution in [0.5, 0.6) is 0 Å². The van der Waals surface area contributed by atoms with Gasteiger partial charge in [0.05, 0.1) is 10.6 Å². The third-order valence-corrected chi connectivity index (χ3v) is 3.91. The number of rotatable bonds is 2. The Morgan fingerprint density at radius 1 is 1.23 bits per heavy atom. The Labute approximate surface area is 129 Å². The normalized spacial score (nSPS) is 14.1. The van der Waals surface area contributed by atoms with E-state index in [2.05, 4.69) is 17.2 Å². The second-order valence-corrected chi connectivity index (χ2v) is 5.50. The van der Waals surface area contributed by atoms with Gasteiger partial charge in [0.25, 0.3) is 5.69 Å². The van der Waals surface area contributed by atoms with E-state index in [-0.39, 0.29) is 10.6 Å². The number of hydrogen-bond donors (Lipinski definition) is 0. The molecule has 3 rings (SSSR count). The molecule has 2 aromatic rings. The van der Waals surface area contributed by atoms with Crippen LogP contribution >= 0.6 is 0 Å². The van der Waals surface area contributed by atoms with Crippen molar-refractivity contribution < 1.29 is 4.92 Å². The van der Waals surface area contributed by atoms with Crippen LogP contribution in [0.2, 0.25) is 0 Å². The van der Waals surface area contributed by atoms with Crippen LogP contribution in [-0.4, -0.2) is 29.2 Å². The highest BCUT2D eigenvalue weighted by atomic mass is 16.6. The molecule has 0 unspecified atom stereocenters.